The topological polar surface area (TPSA) is 65.4 Å². The van der Waals surface area contributed by atoms with E-state index in [2.05, 4.69) is 10.2 Å². The molecule has 0 radical (unpaired) electrons. The first-order chi connectivity index (χ1) is 9.49. The van der Waals surface area contributed by atoms with E-state index in [4.69, 9.17) is 4.42 Å². The number of likely N-dealkylation sites (N-methyl/N-ethyl adjacent to an activating group) is 2. The van der Waals surface area contributed by atoms with Crippen molar-refractivity contribution in [2.24, 2.45) is 0 Å². The van der Waals surface area contributed by atoms with Gasteiger partial charge in [-0.25, -0.2) is 0 Å². The summed E-state index contributed by atoms with van der Waals surface area (Å²) in [6, 6.07) is 5.48. The Morgan fingerprint density at radius 3 is 2.70 bits per heavy atom. The molecule has 0 saturated heterocycles. The van der Waals surface area contributed by atoms with E-state index in [0.717, 1.165) is 17.2 Å². The predicted molar refractivity (Wildman–Crippen MR) is 75.9 cm³/mol. The number of carbonyl (C=O) groups is 1. The van der Waals surface area contributed by atoms with Crippen molar-refractivity contribution < 1.29 is 9.21 Å². The quantitative estimate of drug-likeness (QED) is 0.900. The van der Waals surface area contributed by atoms with Gasteiger partial charge in [0.05, 0.1) is 12.6 Å². The summed E-state index contributed by atoms with van der Waals surface area (Å²) in [5.41, 5.74) is 0.844. The molecule has 0 unspecified atom stereocenters. The average molecular weight is 276 g/mol. The monoisotopic (exact) mass is 276 g/mol. The van der Waals surface area contributed by atoms with Gasteiger partial charge >= 0.3 is 0 Å². The average Bonchev–Trinajstić information content (AvgIpc) is 3.06. The Kier molecular flexibility index (Phi) is 4.24. The van der Waals surface area contributed by atoms with Gasteiger partial charge in [0.15, 0.2) is 5.76 Å². The summed E-state index contributed by atoms with van der Waals surface area (Å²) in [5.74, 6) is 1.64. The van der Waals surface area contributed by atoms with Crippen LogP contribution in [0.1, 0.15) is 12.7 Å². The maximum absolute atomic E-state index is 11.9. The third kappa shape index (κ3) is 3.08. The molecule has 2 aromatic rings. The van der Waals surface area contributed by atoms with Crippen molar-refractivity contribution in [2.45, 2.75) is 19.5 Å². The van der Waals surface area contributed by atoms with E-state index in [1.165, 1.54) is 0 Å². The number of nitrogens with zero attached hydrogens (tertiary/aromatic N) is 3. The van der Waals surface area contributed by atoms with Crippen LogP contribution in [0.15, 0.2) is 28.8 Å². The molecule has 108 valence electrons. The normalized spacial score (nSPS) is 12.7. The molecule has 0 spiro atoms. The van der Waals surface area contributed by atoms with Crippen molar-refractivity contribution in [2.75, 3.05) is 21.1 Å². The van der Waals surface area contributed by atoms with Crippen LogP contribution in [0.25, 0.3) is 11.5 Å². The molecular weight excluding hydrogens is 256 g/mol. The Morgan fingerprint density at radius 1 is 1.35 bits per heavy atom. The fourth-order valence-electron chi connectivity index (χ4n) is 1.95. The Labute approximate surface area is 118 Å². The minimum atomic E-state index is -0.189. The zero-order valence-electron chi connectivity index (χ0n) is 12.3. The van der Waals surface area contributed by atoms with Gasteiger partial charge in [-0.2, -0.15) is 5.10 Å². The predicted octanol–water partition coefficient (Wildman–Crippen LogP) is 1.58. The van der Waals surface area contributed by atoms with Gasteiger partial charge in [-0.15, -0.1) is 0 Å². The molecule has 0 bridgehead atoms. The third-order valence-corrected chi connectivity index (χ3v) is 3.29. The lowest BCUT2D eigenvalue weighted by Crippen LogP contribution is -2.42. The van der Waals surface area contributed by atoms with Crippen LogP contribution in [0.3, 0.4) is 0 Å². The van der Waals surface area contributed by atoms with Gasteiger partial charge in [0, 0.05) is 20.3 Å². The molecule has 1 amide bonds. The number of rotatable bonds is 5. The molecule has 2 heterocycles. The van der Waals surface area contributed by atoms with Crippen LogP contribution < -0.4 is 0 Å². The number of carbonyl (C=O) groups excluding carboxylic acids is 1. The lowest BCUT2D eigenvalue weighted by molar-refractivity contribution is -0.133. The fourth-order valence-corrected chi connectivity index (χ4v) is 1.95. The summed E-state index contributed by atoms with van der Waals surface area (Å²) < 4.78 is 5.75. The number of amides is 1. The Balaban J connectivity index is 2.02. The highest BCUT2D eigenvalue weighted by atomic mass is 16.3. The molecule has 0 fully saturated rings. The molecule has 6 nitrogen and oxygen atoms in total. The minimum absolute atomic E-state index is 0.0767. The van der Waals surface area contributed by atoms with Crippen molar-refractivity contribution in [1.29, 1.82) is 0 Å². The first kappa shape index (κ1) is 14.3. The number of hydrogen-bond acceptors (Lipinski definition) is 4. The standard InChI is InChI=1S/C14H20N4O2/c1-10(14(19)17(2)3)18(4)9-11-5-6-13(20-11)12-7-8-15-16-12/h5-8,10H,9H2,1-4H3,(H,15,16)/t10-/m1/s1. The summed E-state index contributed by atoms with van der Waals surface area (Å²) in [6.45, 7) is 2.47. The second-order valence-corrected chi connectivity index (χ2v) is 5.06. The number of aromatic amines is 1. The summed E-state index contributed by atoms with van der Waals surface area (Å²) in [6.07, 6.45) is 1.68. The molecule has 0 aliphatic heterocycles. The van der Waals surface area contributed by atoms with E-state index in [0.29, 0.717) is 6.54 Å². The van der Waals surface area contributed by atoms with Gasteiger partial charge in [-0.05, 0) is 32.2 Å². The molecular formula is C14H20N4O2. The highest BCUT2D eigenvalue weighted by Crippen LogP contribution is 2.20. The Bertz CT molecular complexity index is 560. The fraction of sp³-hybridized carbons (Fsp3) is 0.429. The second-order valence-electron chi connectivity index (χ2n) is 5.06. The number of furan rings is 1. The van der Waals surface area contributed by atoms with E-state index >= 15 is 0 Å². The van der Waals surface area contributed by atoms with E-state index in [9.17, 15) is 4.79 Å². The second kappa shape index (κ2) is 5.92. The largest absolute Gasteiger partial charge is 0.458 e. The lowest BCUT2D eigenvalue weighted by atomic mass is 10.2. The van der Waals surface area contributed by atoms with Crippen LogP contribution in [0, 0.1) is 0 Å². The van der Waals surface area contributed by atoms with E-state index in [1.54, 1.807) is 25.2 Å². The van der Waals surface area contributed by atoms with Crippen molar-refractivity contribution in [3.05, 3.63) is 30.2 Å². The van der Waals surface area contributed by atoms with Crippen LogP contribution in [-0.4, -0.2) is 53.1 Å². The molecule has 0 aliphatic rings. The zero-order chi connectivity index (χ0) is 14.7. The Morgan fingerprint density at radius 2 is 2.10 bits per heavy atom. The van der Waals surface area contributed by atoms with Gasteiger partial charge in [0.2, 0.25) is 5.91 Å². The third-order valence-electron chi connectivity index (χ3n) is 3.29. The minimum Gasteiger partial charge on any atom is -0.458 e. The van der Waals surface area contributed by atoms with Crippen LogP contribution in [0.5, 0.6) is 0 Å². The zero-order valence-corrected chi connectivity index (χ0v) is 12.3. The Hall–Kier alpha value is -2.08. The van der Waals surface area contributed by atoms with Crippen molar-refractivity contribution in [3.8, 4) is 11.5 Å². The van der Waals surface area contributed by atoms with Crippen LogP contribution >= 0.6 is 0 Å². The van der Waals surface area contributed by atoms with E-state index < -0.39 is 0 Å². The molecule has 0 saturated carbocycles. The summed E-state index contributed by atoms with van der Waals surface area (Å²) in [4.78, 5) is 15.5. The van der Waals surface area contributed by atoms with Crippen molar-refractivity contribution >= 4 is 5.91 Å². The highest BCUT2D eigenvalue weighted by Gasteiger charge is 2.20. The molecule has 2 rings (SSSR count). The van der Waals surface area contributed by atoms with Crippen molar-refractivity contribution in [3.63, 3.8) is 0 Å². The summed E-state index contributed by atoms with van der Waals surface area (Å²) >= 11 is 0. The van der Waals surface area contributed by atoms with Gasteiger partial charge in [-0.1, -0.05) is 0 Å². The number of hydrogen-bond donors (Lipinski definition) is 1. The first-order valence-electron chi connectivity index (χ1n) is 6.49. The maximum atomic E-state index is 11.9. The van der Waals surface area contributed by atoms with Gasteiger partial charge in [0.1, 0.15) is 11.5 Å². The first-order valence-corrected chi connectivity index (χ1v) is 6.49. The smallest absolute Gasteiger partial charge is 0.239 e. The molecule has 0 aliphatic carbocycles. The number of aromatic nitrogens is 2. The van der Waals surface area contributed by atoms with E-state index in [1.807, 2.05) is 37.1 Å². The lowest BCUT2D eigenvalue weighted by Gasteiger charge is -2.25. The maximum Gasteiger partial charge on any atom is 0.239 e. The molecule has 1 N–H and O–H groups in total. The number of nitrogens with one attached hydrogen (secondary N) is 1. The molecule has 6 heteroatoms. The molecule has 0 aromatic carbocycles. The highest BCUT2D eigenvalue weighted by molar-refractivity contribution is 5.80. The summed E-state index contributed by atoms with van der Waals surface area (Å²) in [7, 11) is 5.43. The van der Waals surface area contributed by atoms with Crippen LogP contribution in [0.2, 0.25) is 0 Å². The SMILES string of the molecule is C[C@H](C(=O)N(C)C)N(C)Cc1ccc(-c2ccn[nH]2)o1. The van der Waals surface area contributed by atoms with Crippen LogP contribution in [-0.2, 0) is 11.3 Å². The van der Waals surface area contributed by atoms with Gasteiger partial charge in [-0.3, -0.25) is 14.8 Å². The van der Waals surface area contributed by atoms with Crippen molar-refractivity contribution in [1.82, 2.24) is 20.0 Å². The molecule has 2 aromatic heterocycles. The van der Waals surface area contributed by atoms with Gasteiger partial charge < -0.3 is 9.32 Å². The number of H-pyrrole nitrogens is 1. The molecule has 20 heavy (non-hydrogen) atoms. The molecule has 1 atom stereocenters. The van der Waals surface area contributed by atoms with Crippen LogP contribution in [0.4, 0.5) is 0 Å². The summed E-state index contributed by atoms with van der Waals surface area (Å²) in [5, 5.41) is 6.75. The van der Waals surface area contributed by atoms with E-state index in [-0.39, 0.29) is 11.9 Å². The van der Waals surface area contributed by atoms with Gasteiger partial charge in [0.25, 0.3) is 0 Å².